The van der Waals surface area contributed by atoms with Gasteiger partial charge in [0, 0.05) is 29.2 Å². The van der Waals surface area contributed by atoms with Crippen LogP contribution in [0.5, 0.6) is 5.75 Å². The highest BCUT2D eigenvalue weighted by Crippen LogP contribution is 2.24. The number of nitrogens with zero attached hydrogens (tertiary/aromatic N) is 2. The average molecular weight is 532 g/mol. The lowest BCUT2D eigenvalue weighted by Crippen LogP contribution is -2.46. The van der Waals surface area contributed by atoms with Crippen molar-refractivity contribution in [3.8, 4) is 5.75 Å². The third kappa shape index (κ3) is 8.21. The van der Waals surface area contributed by atoms with Crippen LogP contribution in [0.3, 0.4) is 0 Å². The van der Waals surface area contributed by atoms with Gasteiger partial charge in [-0.05, 0) is 49.4 Å². The zero-order chi connectivity index (χ0) is 27.2. The van der Waals surface area contributed by atoms with Crippen molar-refractivity contribution in [1.29, 1.82) is 0 Å². The monoisotopic (exact) mass is 531 g/mol. The van der Waals surface area contributed by atoms with Crippen LogP contribution in [-0.4, -0.2) is 65.1 Å². The van der Waals surface area contributed by atoms with Crippen molar-refractivity contribution in [3.05, 3.63) is 46.2 Å². The number of nitrogens with one attached hydrogen (secondary N) is 3. The van der Waals surface area contributed by atoms with E-state index in [4.69, 9.17) is 16.3 Å². The van der Waals surface area contributed by atoms with E-state index < -0.39 is 0 Å². The van der Waals surface area contributed by atoms with Gasteiger partial charge in [0.15, 0.2) is 0 Å². The lowest BCUT2D eigenvalue weighted by molar-refractivity contribution is -0.122. The molecule has 0 radical (unpaired) electrons. The Bertz CT molecular complexity index is 1110. The Kier molecular flexibility index (Phi) is 9.59. The summed E-state index contributed by atoms with van der Waals surface area (Å²) in [6, 6.07) is 6.35. The number of rotatable bonds is 3. The maximum absolute atomic E-state index is 13.3. The van der Waals surface area contributed by atoms with Gasteiger partial charge in [-0.3, -0.25) is 19.5 Å². The quantitative estimate of drug-likeness (QED) is 0.554. The van der Waals surface area contributed by atoms with Gasteiger partial charge in [0.1, 0.15) is 18.1 Å². The van der Waals surface area contributed by atoms with E-state index in [2.05, 4.69) is 34.7 Å². The summed E-state index contributed by atoms with van der Waals surface area (Å²) in [5.74, 6) is -0.161. The Morgan fingerprint density at radius 1 is 1.22 bits per heavy atom. The Morgan fingerprint density at radius 3 is 2.65 bits per heavy atom. The molecule has 0 unspecified atom stereocenters. The topological polar surface area (TPSA) is 116 Å². The Balaban J connectivity index is 1.82. The molecule has 0 saturated heterocycles. The molecule has 3 rings (SSSR count). The molecule has 1 aliphatic rings. The molecule has 9 nitrogen and oxygen atoms in total. The number of amides is 3. The number of fused-ring (bicyclic) bond motifs is 1. The molecule has 10 heteroatoms. The van der Waals surface area contributed by atoms with Crippen LogP contribution in [-0.2, 0) is 10.2 Å². The SMILES string of the molecule is CC(C)C[C@H]1COc2ccc(Cl)cc2C(=O)NCCCCN(C(=O)c2cc(C(C)(C)C)[nH]n2)CC(=O)N1. The Morgan fingerprint density at radius 2 is 1.97 bits per heavy atom. The van der Waals surface area contributed by atoms with Crippen molar-refractivity contribution in [2.75, 3.05) is 26.2 Å². The summed E-state index contributed by atoms with van der Waals surface area (Å²) < 4.78 is 6.00. The van der Waals surface area contributed by atoms with Gasteiger partial charge >= 0.3 is 0 Å². The molecule has 202 valence electrons. The molecule has 0 spiro atoms. The summed E-state index contributed by atoms with van der Waals surface area (Å²) in [5.41, 5.74) is 1.28. The minimum atomic E-state index is -0.311. The van der Waals surface area contributed by atoms with Crippen molar-refractivity contribution in [2.45, 2.75) is 65.3 Å². The number of ether oxygens (including phenoxy) is 1. The van der Waals surface area contributed by atoms with E-state index in [1.807, 2.05) is 20.8 Å². The number of benzene rings is 1. The second-order valence-electron chi connectivity index (χ2n) is 11.0. The molecule has 0 aliphatic carbocycles. The number of aromatic amines is 1. The van der Waals surface area contributed by atoms with E-state index in [9.17, 15) is 14.4 Å². The van der Waals surface area contributed by atoms with E-state index in [0.717, 1.165) is 5.69 Å². The van der Waals surface area contributed by atoms with Gasteiger partial charge < -0.3 is 20.3 Å². The van der Waals surface area contributed by atoms with Gasteiger partial charge in [-0.15, -0.1) is 0 Å². The van der Waals surface area contributed by atoms with Crippen molar-refractivity contribution < 1.29 is 19.1 Å². The Hall–Kier alpha value is -3.07. The average Bonchev–Trinajstić information content (AvgIpc) is 3.31. The van der Waals surface area contributed by atoms with Crippen LogP contribution in [0.15, 0.2) is 24.3 Å². The first-order valence-corrected chi connectivity index (χ1v) is 13.2. The second-order valence-corrected chi connectivity index (χ2v) is 11.4. The largest absolute Gasteiger partial charge is 0.491 e. The number of hydrogen-bond acceptors (Lipinski definition) is 5. The first-order chi connectivity index (χ1) is 17.4. The smallest absolute Gasteiger partial charge is 0.274 e. The number of halogens is 1. The van der Waals surface area contributed by atoms with Gasteiger partial charge in [-0.1, -0.05) is 46.2 Å². The molecule has 0 saturated carbocycles. The summed E-state index contributed by atoms with van der Waals surface area (Å²) in [4.78, 5) is 40.8. The van der Waals surface area contributed by atoms with Crippen LogP contribution in [0.1, 0.15) is 80.4 Å². The highest BCUT2D eigenvalue weighted by atomic mass is 35.5. The zero-order valence-electron chi connectivity index (χ0n) is 22.3. The van der Waals surface area contributed by atoms with E-state index in [0.29, 0.717) is 54.6 Å². The highest BCUT2D eigenvalue weighted by Gasteiger charge is 2.26. The van der Waals surface area contributed by atoms with Gasteiger partial charge in [0.05, 0.1) is 18.2 Å². The van der Waals surface area contributed by atoms with Crippen LogP contribution in [0.2, 0.25) is 5.02 Å². The number of aromatic nitrogens is 2. The molecule has 37 heavy (non-hydrogen) atoms. The molecular weight excluding hydrogens is 494 g/mol. The maximum atomic E-state index is 13.3. The minimum absolute atomic E-state index is 0.0936. The zero-order valence-corrected chi connectivity index (χ0v) is 23.1. The van der Waals surface area contributed by atoms with Crippen LogP contribution >= 0.6 is 11.6 Å². The van der Waals surface area contributed by atoms with E-state index in [-0.39, 0.29) is 48.0 Å². The van der Waals surface area contributed by atoms with Crippen molar-refractivity contribution in [3.63, 3.8) is 0 Å². The van der Waals surface area contributed by atoms with E-state index in [1.165, 1.54) is 4.90 Å². The van der Waals surface area contributed by atoms with Gasteiger partial charge in [-0.25, -0.2) is 0 Å². The predicted molar refractivity (Wildman–Crippen MR) is 143 cm³/mol. The fourth-order valence-corrected chi connectivity index (χ4v) is 4.31. The summed E-state index contributed by atoms with van der Waals surface area (Å²) in [5, 5.41) is 13.5. The van der Waals surface area contributed by atoms with Crippen LogP contribution in [0.25, 0.3) is 0 Å². The predicted octanol–water partition coefficient (Wildman–Crippen LogP) is 3.94. The van der Waals surface area contributed by atoms with Gasteiger partial charge in [0.2, 0.25) is 5.91 Å². The third-order valence-electron chi connectivity index (χ3n) is 6.11. The number of carbonyl (C=O) groups is 3. The number of H-pyrrole nitrogens is 1. The van der Waals surface area contributed by atoms with Gasteiger partial charge in [-0.2, -0.15) is 5.10 Å². The number of hydrogen-bond donors (Lipinski definition) is 3. The van der Waals surface area contributed by atoms with Crippen molar-refractivity contribution >= 4 is 29.3 Å². The summed E-state index contributed by atoms with van der Waals surface area (Å²) in [6.07, 6.45) is 1.89. The summed E-state index contributed by atoms with van der Waals surface area (Å²) in [7, 11) is 0. The molecular formula is C27H38ClN5O4. The lowest BCUT2D eigenvalue weighted by atomic mass is 9.92. The second kappa shape index (κ2) is 12.4. The Labute approximate surface area is 223 Å². The molecule has 1 aliphatic heterocycles. The fourth-order valence-electron chi connectivity index (χ4n) is 4.13. The molecule has 0 bridgehead atoms. The minimum Gasteiger partial charge on any atom is -0.491 e. The normalized spacial score (nSPS) is 18.2. The first kappa shape index (κ1) is 28.5. The molecule has 1 atom stereocenters. The highest BCUT2D eigenvalue weighted by molar-refractivity contribution is 6.31. The molecule has 0 fully saturated rings. The number of carbonyl (C=O) groups excluding carboxylic acids is 3. The van der Waals surface area contributed by atoms with E-state index >= 15 is 0 Å². The lowest BCUT2D eigenvalue weighted by Gasteiger charge is -2.25. The molecule has 1 aromatic carbocycles. The van der Waals surface area contributed by atoms with Crippen LogP contribution in [0, 0.1) is 5.92 Å². The molecule has 1 aromatic heterocycles. The maximum Gasteiger partial charge on any atom is 0.274 e. The fraction of sp³-hybridized carbons (Fsp3) is 0.556. The summed E-state index contributed by atoms with van der Waals surface area (Å²) in [6.45, 7) is 11.1. The standard InChI is InChI=1S/C27H38ClN5O4/c1-17(2)12-19-16-37-22-9-8-18(28)13-20(22)25(35)29-10-6-7-11-33(15-24(34)30-19)26(36)21-14-23(32-31-21)27(3,4)5/h8-9,13-14,17,19H,6-7,10-12,15-16H2,1-5H3,(H,29,35)(H,30,34)(H,31,32)/t19-/m0/s1. The molecule has 3 N–H and O–H groups in total. The van der Waals surface area contributed by atoms with Crippen molar-refractivity contribution in [1.82, 2.24) is 25.7 Å². The van der Waals surface area contributed by atoms with E-state index in [1.54, 1.807) is 24.3 Å². The molecule has 3 amide bonds. The third-order valence-corrected chi connectivity index (χ3v) is 6.35. The first-order valence-electron chi connectivity index (χ1n) is 12.8. The van der Waals surface area contributed by atoms with Crippen LogP contribution < -0.4 is 15.4 Å². The van der Waals surface area contributed by atoms with Crippen molar-refractivity contribution in [2.24, 2.45) is 5.92 Å². The summed E-state index contributed by atoms with van der Waals surface area (Å²) >= 11 is 6.14. The van der Waals surface area contributed by atoms with Crippen LogP contribution in [0.4, 0.5) is 0 Å². The van der Waals surface area contributed by atoms with Gasteiger partial charge in [0.25, 0.3) is 11.8 Å². The molecule has 2 aromatic rings. The molecule has 2 heterocycles.